The Bertz CT molecular complexity index is 1760. The number of carbonyl (C=O) groups excluding carboxylic acids is 2. The first-order chi connectivity index (χ1) is 21.9. The van der Waals surface area contributed by atoms with Gasteiger partial charge in [-0.15, -0.1) is 0 Å². The van der Waals surface area contributed by atoms with Gasteiger partial charge in [0.15, 0.2) is 0 Å². The van der Waals surface area contributed by atoms with Crippen LogP contribution in [0.15, 0.2) is 102 Å². The van der Waals surface area contributed by atoms with E-state index in [9.17, 15) is 18.0 Å². The summed E-state index contributed by atoms with van der Waals surface area (Å²) in [5, 5.41) is 3.85. The summed E-state index contributed by atoms with van der Waals surface area (Å²) >= 11 is 12.8. The Labute approximate surface area is 282 Å². The number of rotatable bonds is 13. The molecule has 0 bridgehead atoms. The van der Waals surface area contributed by atoms with Crippen molar-refractivity contribution in [3.8, 4) is 0 Å². The molecule has 0 unspecified atom stereocenters. The van der Waals surface area contributed by atoms with Crippen LogP contribution >= 0.6 is 23.2 Å². The summed E-state index contributed by atoms with van der Waals surface area (Å²) in [7, 11) is -4.23. The summed E-state index contributed by atoms with van der Waals surface area (Å²) in [5.41, 5.74) is 3.25. The number of nitrogens with zero attached hydrogens (tertiary/aromatic N) is 2. The highest BCUT2D eigenvalue weighted by Gasteiger charge is 2.35. The largest absolute Gasteiger partial charge is 0.354 e. The zero-order valence-corrected chi connectivity index (χ0v) is 28.7. The van der Waals surface area contributed by atoms with Crippen LogP contribution < -0.4 is 9.62 Å². The standard InChI is InChI=1S/C36H39Cl2N3O4S/c1-25(2)22-39-36(43)34(21-28-10-6-5-7-11-28)40(23-29-12-8-9-13-32(29)38)35(42)24-41(33-19-16-30(37)20-27(33)4)46(44,45)31-17-14-26(3)15-18-31/h5-20,25,34H,21-24H2,1-4H3,(H,39,43)/t34-/m0/s1. The van der Waals surface area contributed by atoms with Gasteiger partial charge in [-0.2, -0.15) is 0 Å². The number of nitrogens with one attached hydrogen (secondary N) is 1. The lowest BCUT2D eigenvalue weighted by atomic mass is 10.0. The second kappa shape index (κ2) is 15.6. The van der Waals surface area contributed by atoms with Gasteiger partial charge in [0, 0.05) is 29.6 Å². The number of hydrogen-bond acceptors (Lipinski definition) is 4. The lowest BCUT2D eigenvalue weighted by molar-refractivity contribution is -0.140. The molecule has 0 saturated carbocycles. The van der Waals surface area contributed by atoms with E-state index in [1.165, 1.54) is 17.0 Å². The van der Waals surface area contributed by atoms with Crippen molar-refractivity contribution in [3.05, 3.63) is 129 Å². The quantitative estimate of drug-likeness (QED) is 0.162. The highest BCUT2D eigenvalue weighted by molar-refractivity contribution is 7.92. The fraction of sp³-hybridized carbons (Fsp3) is 0.278. The summed E-state index contributed by atoms with van der Waals surface area (Å²) in [4.78, 5) is 30.0. The number of benzene rings is 4. The maximum absolute atomic E-state index is 14.6. The maximum Gasteiger partial charge on any atom is 0.264 e. The molecule has 0 saturated heterocycles. The van der Waals surface area contributed by atoms with Gasteiger partial charge < -0.3 is 10.2 Å². The predicted molar refractivity (Wildman–Crippen MR) is 186 cm³/mol. The monoisotopic (exact) mass is 679 g/mol. The van der Waals surface area contributed by atoms with Gasteiger partial charge >= 0.3 is 0 Å². The van der Waals surface area contributed by atoms with Crippen LogP contribution in [0.2, 0.25) is 10.0 Å². The molecule has 10 heteroatoms. The molecule has 0 heterocycles. The number of halogens is 2. The highest BCUT2D eigenvalue weighted by Crippen LogP contribution is 2.30. The maximum atomic E-state index is 14.6. The molecule has 0 aromatic heterocycles. The molecular weight excluding hydrogens is 641 g/mol. The van der Waals surface area contributed by atoms with Crippen LogP contribution in [-0.2, 0) is 32.6 Å². The second-order valence-electron chi connectivity index (χ2n) is 11.7. The Hall–Kier alpha value is -3.85. The first-order valence-electron chi connectivity index (χ1n) is 15.1. The number of aryl methyl sites for hydroxylation is 2. The van der Waals surface area contributed by atoms with Crippen molar-refractivity contribution in [1.29, 1.82) is 0 Å². The van der Waals surface area contributed by atoms with Crippen molar-refractivity contribution in [3.63, 3.8) is 0 Å². The predicted octanol–water partition coefficient (Wildman–Crippen LogP) is 7.22. The van der Waals surface area contributed by atoms with Crippen molar-refractivity contribution in [2.24, 2.45) is 5.92 Å². The number of hydrogen-bond donors (Lipinski definition) is 1. The van der Waals surface area contributed by atoms with Gasteiger partial charge in [0.05, 0.1) is 10.6 Å². The van der Waals surface area contributed by atoms with Crippen molar-refractivity contribution < 1.29 is 18.0 Å². The summed E-state index contributed by atoms with van der Waals surface area (Å²) in [5.74, 6) is -0.726. The van der Waals surface area contributed by atoms with E-state index in [0.29, 0.717) is 33.4 Å². The molecule has 0 aliphatic heterocycles. The van der Waals surface area contributed by atoms with Crippen LogP contribution in [0.1, 0.15) is 36.1 Å². The molecule has 0 radical (unpaired) electrons. The summed E-state index contributed by atoms with van der Waals surface area (Å²) < 4.78 is 29.6. The Kier molecular flexibility index (Phi) is 11.9. The van der Waals surface area contributed by atoms with E-state index in [1.54, 1.807) is 61.5 Å². The minimum atomic E-state index is -4.23. The van der Waals surface area contributed by atoms with E-state index in [1.807, 2.05) is 51.1 Å². The number of anilines is 1. The van der Waals surface area contributed by atoms with Crippen molar-refractivity contribution in [2.45, 2.75) is 51.6 Å². The van der Waals surface area contributed by atoms with Crippen LogP contribution in [-0.4, -0.2) is 44.3 Å². The van der Waals surface area contributed by atoms with E-state index >= 15 is 0 Å². The van der Waals surface area contributed by atoms with Crippen LogP contribution in [0, 0.1) is 19.8 Å². The van der Waals surface area contributed by atoms with Crippen LogP contribution in [0.5, 0.6) is 0 Å². The summed E-state index contributed by atoms with van der Waals surface area (Å²) in [6.07, 6.45) is 0.214. The van der Waals surface area contributed by atoms with Crippen LogP contribution in [0.25, 0.3) is 0 Å². The normalized spacial score (nSPS) is 12.1. The smallest absolute Gasteiger partial charge is 0.264 e. The minimum absolute atomic E-state index is 0.0108. The zero-order valence-electron chi connectivity index (χ0n) is 26.4. The molecule has 4 aromatic carbocycles. The second-order valence-corrected chi connectivity index (χ2v) is 14.4. The zero-order chi connectivity index (χ0) is 33.4. The van der Waals surface area contributed by atoms with Gasteiger partial charge in [-0.1, -0.05) is 103 Å². The van der Waals surface area contributed by atoms with E-state index < -0.39 is 28.5 Å². The molecule has 242 valence electrons. The Balaban J connectivity index is 1.83. The minimum Gasteiger partial charge on any atom is -0.354 e. The third kappa shape index (κ3) is 8.90. The number of amides is 2. The summed E-state index contributed by atoms with van der Waals surface area (Å²) in [6.45, 7) is 7.42. The SMILES string of the molecule is Cc1ccc(S(=O)(=O)N(CC(=O)N(Cc2ccccc2Cl)[C@@H](Cc2ccccc2)C(=O)NCC(C)C)c2ccc(Cl)cc2C)cc1. The van der Waals surface area contributed by atoms with Crippen molar-refractivity contribution in [2.75, 3.05) is 17.4 Å². The fourth-order valence-electron chi connectivity index (χ4n) is 5.04. The molecule has 1 atom stereocenters. The average Bonchev–Trinajstić information content (AvgIpc) is 3.02. The van der Waals surface area contributed by atoms with Gasteiger partial charge in [-0.3, -0.25) is 13.9 Å². The molecule has 46 heavy (non-hydrogen) atoms. The van der Waals surface area contributed by atoms with E-state index in [-0.39, 0.29) is 29.7 Å². The molecule has 4 aromatic rings. The lowest BCUT2D eigenvalue weighted by Gasteiger charge is -2.34. The highest BCUT2D eigenvalue weighted by atomic mass is 35.5. The van der Waals surface area contributed by atoms with Gasteiger partial charge in [-0.05, 0) is 72.9 Å². The topological polar surface area (TPSA) is 86.8 Å². The summed E-state index contributed by atoms with van der Waals surface area (Å²) in [6, 6.07) is 26.8. The Morgan fingerprint density at radius 3 is 2.13 bits per heavy atom. The Morgan fingerprint density at radius 1 is 0.848 bits per heavy atom. The molecule has 0 fully saturated rings. The van der Waals surface area contributed by atoms with Gasteiger partial charge in [0.2, 0.25) is 11.8 Å². The number of sulfonamides is 1. The fourth-order valence-corrected chi connectivity index (χ4v) is 6.94. The molecule has 1 N–H and O–H groups in total. The van der Waals surface area contributed by atoms with Gasteiger partial charge in [0.1, 0.15) is 12.6 Å². The first-order valence-corrected chi connectivity index (χ1v) is 17.3. The molecule has 7 nitrogen and oxygen atoms in total. The third-order valence-corrected chi connectivity index (χ3v) is 9.95. The molecule has 4 rings (SSSR count). The van der Waals surface area contributed by atoms with Gasteiger partial charge in [0.25, 0.3) is 10.0 Å². The van der Waals surface area contributed by atoms with Crippen LogP contribution in [0.3, 0.4) is 0 Å². The molecular formula is C36H39Cl2N3O4S. The third-order valence-electron chi connectivity index (χ3n) is 7.57. The van der Waals surface area contributed by atoms with Crippen molar-refractivity contribution >= 4 is 50.7 Å². The lowest BCUT2D eigenvalue weighted by Crippen LogP contribution is -2.53. The van der Waals surface area contributed by atoms with Gasteiger partial charge in [-0.25, -0.2) is 8.42 Å². The molecule has 0 spiro atoms. The van der Waals surface area contributed by atoms with Crippen LogP contribution in [0.4, 0.5) is 5.69 Å². The molecule has 2 amide bonds. The number of carbonyl (C=O) groups is 2. The molecule has 0 aliphatic carbocycles. The van der Waals surface area contributed by atoms with E-state index in [4.69, 9.17) is 23.2 Å². The first kappa shape index (κ1) is 35.0. The average molecular weight is 681 g/mol. The van der Waals surface area contributed by atoms with Crippen molar-refractivity contribution in [1.82, 2.24) is 10.2 Å². The molecule has 0 aliphatic rings. The van der Waals surface area contributed by atoms with E-state index in [2.05, 4.69) is 5.32 Å². The Morgan fingerprint density at radius 2 is 1.50 bits per heavy atom. The van der Waals surface area contributed by atoms with E-state index in [0.717, 1.165) is 15.4 Å².